The smallest absolute Gasteiger partial charge is 0.315 e. The van der Waals surface area contributed by atoms with Gasteiger partial charge in [-0.05, 0) is 24.8 Å². The first-order valence-corrected chi connectivity index (χ1v) is 7.82. The lowest BCUT2D eigenvalue weighted by molar-refractivity contribution is -0.129. The second-order valence-electron chi connectivity index (χ2n) is 6.78. The van der Waals surface area contributed by atoms with Crippen molar-refractivity contribution < 1.29 is 9.59 Å². The van der Waals surface area contributed by atoms with E-state index in [4.69, 9.17) is 5.73 Å². The average Bonchev–Trinajstić information content (AvgIpc) is 2.45. The maximum absolute atomic E-state index is 12.0. The second-order valence-corrected chi connectivity index (χ2v) is 6.78. The average molecular weight is 335 g/mol. The fourth-order valence-corrected chi connectivity index (χ4v) is 2.57. The summed E-state index contributed by atoms with van der Waals surface area (Å²) in [6, 6.07) is 0.00416. The van der Waals surface area contributed by atoms with Crippen molar-refractivity contribution in [2.24, 2.45) is 11.1 Å². The van der Waals surface area contributed by atoms with Crippen molar-refractivity contribution in [3.05, 3.63) is 0 Å². The minimum atomic E-state index is -0.248. The van der Waals surface area contributed by atoms with E-state index in [0.717, 1.165) is 12.8 Å². The molecule has 1 fully saturated rings. The van der Waals surface area contributed by atoms with Crippen LogP contribution in [0.4, 0.5) is 4.79 Å². The van der Waals surface area contributed by atoms with Crippen LogP contribution in [-0.2, 0) is 4.79 Å². The number of urea groups is 1. The number of carbonyl (C=O) groups excluding carboxylic acids is 2. The molecular formula is C15H31ClN4O2. The van der Waals surface area contributed by atoms with Crippen LogP contribution in [0, 0.1) is 5.41 Å². The molecule has 1 aliphatic carbocycles. The molecule has 1 saturated carbocycles. The Morgan fingerprint density at radius 1 is 1.23 bits per heavy atom. The third-order valence-electron chi connectivity index (χ3n) is 3.98. The molecule has 3 amide bonds. The van der Waals surface area contributed by atoms with Crippen LogP contribution in [0.25, 0.3) is 0 Å². The largest absolute Gasteiger partial charge is 0.344 e. The highest BCUT2D eigenvalue weighted by molar-refractivity contribution is 5.85. The zero-order valence-electron chi connectivity index (χ0n) is 14.0. The highest BCUT2D eigenvalue weighted by Gasteiger charge is 2.21. The lowest BCUT2D eigenvalue weighted by Crippen LogP contribution is -2.48. The summed E-state index contributed by atoms with van der Waals surface area (Å²) < 4.78 is 0. The molecule has 6 nitrogen and oxygen atoms in total. The van der Waals surface area contributed by atoms with Crippen LogP contribution < -0.4 is 16.4 Å². The summed E-state index contributed by atoms with van der Waals surface area (Å²) in [5, 5.41) is 5.57. The van der Waals surface area contributed by atoms with Crippen LogP contribution in [0.15, 0.2) is 0 Å². The van der Waals surface area contributed by atoms with Gasteiger partial charge in [-0.3, -0.25) is 4.79 Å². The first-order valence-electron chi connectivity index (χ1n) is 7.82. The fraction of sp³-hybridized carbons (Fsp3) is 0.867. The van der Waals surface area contributed by atoms with Crippen LogP contribution in [0.1, 0.15) is 46.0 Å². The first-order chi connectivity index (χ1) is 9.84. The first kappa shape index (κ1) is 21.0. The molecule has 0 saturated heterocycles. The highest BCUT2D eigenvalue weighted by Crippen LogP contribution is 2.17. The quantitative estimate of drug-likeness (QED) is 0.687. The van der Waals surface area contributed by atoms with Gasteiger partial charge in [0.15, 0.2) is 0 Å². The molecule has 0 bridgehead atoms. The lowest BCUT2D eigenvalue weighted by Gasteiger charge is -2.29. The maximum Gasteiger partial charge on any atom is 0.315 e. The van der Waals surface area contributed by atoms with Gasteiger partial charge in [-0.15, -0.1) is 12.4 Å². The van der Waals surface area contributed by atoms with Gasteiger partial charge in [-0.25, -0.2) is 4.79 Å². The van der Waals surface area contributed by atoms with E-state index in [9.17, 15) is 9.59 Å². The minimum Gasteiger partial charge on any atom is -0.344 e. The van der Waals surface area contributed by atoms with E-state index < -0.39 is 0 Å². The number of nitrogens with one attached hydrogen (secondary N) is 2. The third-order valence-corrected chi connectivity index (χ3v) is 3.98. The van der Waals surface area contributed by atoms with Crippen LogP contribution >= 0.6 is 12.4 Å². The monoisotopic (exact) mass is 334 g/mol. The summed E-state index contributed by atoms with van der Waals surface area (Å²) >= 11 is 0. The van der Waals surface area contributed by atoms with Crippen molar-refractivity contribution in [2.75, 3.05) is 26.7 Å². The van der Waals surface area contributed by atoms with Crippen LogP contribution in [0.5, 0.6) is 0 Å². The number of carbonyl (C=O) groups is 2. The van der Waals surface area contributed by atoms with Gasteiger partial charge < -0.3 is 21.3 Å². The summed E-state index contributed by atoms with van der Waals surface area (Å²) in [5.74, 6) is -0.102. The number of nitrogens with zero attached hydrogens (tertiary/aromatic N) is 1. The Hall–Kier alpha value is -1.01. The van der Waals surface area contributed by atoms with Gasteiger partial charge in [0.2, 0.25) is 5.91 Å². The fourth-order valence-electron chi connectivity index (χ4n) is 2.57. The van der Waals surface area contributed by atoms with E-state index in [2.05, 4.69) is 10.6 Å². The van der Waals surface area contributed by atoms with E-state index >= 15 is 0 Å². The number of halogens is 1. The Balaban J connectivity index is 0.00000441. The number of nitrogens with two attached hydrogens (primary N) is 1. The number of hydrogen-bond donors (Lipinski definition) is 3. The highest BCUT2D eigenvalue weighted by atomic mass is 35.5. The number of rotatable bonds is 6. The molecule has 0 unspecified atom stereocenters. The van der Waals surface area contributed by atoms with Crippen LogP contribution in [-0.4, -0.2) is 49.6 Å². The van der Waals surface area contributed by atoms with E-state index in [1.54, 1.807) is 11.9 Å². The second kappa shape index (κ2) is 9.90. The molecule has 0 spiro atoms. The predicted octanol–water partition coefficient (Wildman–Crippen LogP) is 1.48. The van der Waals surface area contributed by atoms with Gasteiger partial charge in [0.1, 0.15) is 0 Å². The molecule has 0 radical (unpaired) electrons. The number of hydrogen-bond acceptors (Lipinski definition) is 3. The summed E-state index contributed by atoms with van der Waals surface area (Å²) in [4.78, 5) is 25.4. The summed E-state index contributed by atoms with van der Waals surface area (Å²) in [6.45, 7) is 5.14. The van der Waals surface area contributed by atoms with E-state index in [0.29, 0.717) is 13.1 Å². The summed E-state index contributed by atoms with van der Waals surface area (Å²) in [6.07, 6.45) is 5.65. The minimum absolute atomic E-state index is 0. The molecule has 22 heavy (non-hydrogen) atoms. The molecule has 0 heterocycles. The molecule has 0 aromatic carbocycles. The van der Waals surface area contributed by atoms with Gasteiger partial charge in [0, 0.05) is 19.6 Å². The molecule has 7 heteroatoms. The van der Waals surface area contributed by atoms with Crippen molar-refractivity contribution in [2.45, 2.75) is 52.0 Å². The Kier molecular flexibility index (Phi) is 9.44. The number of amides is 3. The standard InChI is InChI=1S/C15H30N4O2.ClH/c1-15(2,10-16)11-19(3)13(20)9-17-14(21)18-12-7-5-4-6-8-12;/h12H,4-11,16H2,1-3H3,(H2,17,18,21);1H. The normalized spacial score (nSPS) is 15.6. The topological polar surface area (TPSA) is 87.5 Å². The van der Waals surface area contributed by atoms with Gasteiger partial charge in [0.25, 0.3) is 0 Å². The van der Waals surface area contributed by atoms with Crippen molar-refractivity contribution in [1.82, 2.24) is 15.5 Å². The molecule has 0 aromatic rings. The van der Waals surface area contributed by atoms with Crippen molar-refractivity contribution in [1.29, 1.82) is 0 Å². The van der Waals surface area contributed by atoms with Crippen molar-refractivity contribution in [3.63, 3.8) is 0 Å². The molecule has 4 N–H and O–H groups in total. The van der Waals surface area contributed by atoms with Gasteiger partial charge >= 0.3 is 6.03 Å². The number of likely N-dealkylation sites (N-methyl/N-ethyl adjacent to an activating group) is 1. The van der Waals surface area contributed by atoms with E-state index in [-0.39, 0.29) is 42.3 Å². The molecular weight excluding hydrogens is 304 g/mol. The predicted molar refractivity (Wildman–Crippen MR) is 91.1 cm³/mol. The van der Waals surface area contributed by atoms with Gasteiger partial charge in [-0.1, -0.05) is 33.1 Å². The van der Waals surface area contributed by atoms with Crippen LogP contribution in [0.2, 0.25) is 0 Å². The third kappa shape index (κ3) is 7.84. The molecule has 0 atom stereocenters. The molecule has 1 rings (SSSR count). The molecule has 0 aromatic heterocycles. The summed E-state index contributed by atoms with van der Waals surface area (Å²) in [7, 11) is 1.74. The SMILES string of the molecule is CN(CC(C)(C)CN)C(=O)CNC(=O)NC1CCCCC1.Cl. The maximum atomic E-state index is 12.0. The summed E-state index contributed by atoms with van der Waals surface area (Å²) in [5.41, 5.74) is 5.55. The Labute approximate surface area is 140 Å². The Bertz CT molecular complexity index is 357. The Morgan fingerprint density at radius 3 is 2.36 bits per heavy atom. The lowest BCUT2D eigenvalue weighted by atomic mass is 9.93. The molecule has 0 aliphatic heterocycles. The van der Waals surface area contributed by atoms with E-state index in [1.165, 1.54) is 19.3 Å². The van der Waals surface area contributed by atoms with Crippen LogP contribution in [0.3, 0.4) is 0 Å². The molecule has 130 valence electrons. The van der Waals surface area contributed by atoms with E-state index in [1.807, 2.05) is 13.8 Å². The Morgan fingerprint density at radius 2 is 1.82 bits per heavy atom. The zero-order valence-corrected chi connectivity index (χ0v) is 14.8. The zero-order chi connectivity index (χ0) is 15.9. The van der Waals surface area contributed by atoms with Gasteiger partial charge in [0.05, 0.1) is 6.54 Å². The molecule has 1 aliphatic rings. The van der Waals surface area contributed by atoms with Gasteiger partial charge in [-0.2, -0.15) is 0 Å². The van der Waals surface area contributed by atoms with Crippen molar-refractivity contribution in [3.8, 4) is 0 Å². The van der Waals surface area contributed by atoms with Crippen molar-refractivity contribution >= 4 is 24.3 Å².